The van der Waals surface area contributed by atoms with Crippen LogP contribution in [0.3, 0.4) is 0 Å². The summed E-state index contributed by atoms with van der Waals surface area (Å²) in [4.78, 5) is 25.7. The van der Waals surface area contributed by atoms with Crippen LogP contribution < -0.4 is 16.0 Å². The quantitative estimate of drug-likeness (QED) is 0.229. The minimum absolute atomic E-state index is 0. The highest BCUT2D eigenvalue weighted by atomic mass is 35.5. The second-order valence-electron chi connectivity index (χ2n) is 7.80. The number of amides is 1. The monoisotopic (exact) mass is 486 g/mol. The minimum atomic E-state index is -0.494. The lowest BCUT2D eigenvalue weighted by Crippen LogP contribution is -2.29. The molecule has 1 heterocycles. The predicted octanol–water partition coefficient (Wildman–Crippen LogP) is 2.79. The Hall–Kier alpha value is -3.12. The van der Waals surface area contributed by atoms with Crippen LogP contribution in [-0.2, 0) is 19.1 Å². The van der Waals surface area contributed by atoms with Crippen LogP contribution in [0.1, 0.15) is 24.8 Å². The molecule has 3 N–H and O–H groups in total. The first-order valence-electron chi connectivity index (χ1n) is 11.2. The number of halogens is 1. The minimum Gasteiger partial charge on any atom is -0.462 e. The lowest BCUT2D eigenvalue weighted by Gasteiger charge is -2.29. The highest BCUT2D eigenvalue weighted by Crippen LogP contribution is 2.26. The van der Waals surface area contributed by atoms with Gasteiger partial charge in [0, 0.05) is 25.3 Å². The molecule has 1 saturated heterocycles. The molecule has 0 saturated carbocycles. The number of piperidine rings is 1. The molecule has 1 fully saturated rings. The lowest BCUT2D eigenvalue weighted by atomic mass is 10.0. The number of anilines is 1. The van der Waals surface area contributed by atoms with E-state index in [4.69, 9.17) is 15.2 Å². The number of nitrogens with zero attached hydrogens (tertiary/aromatic N) is 2. The maximum atomic E-state index is 12.3. The number of hydrogen-bond acceptors (Lipinski definition) is 7. The summed E-state index contributed by atoms with van der Waals surface area (Å²) in [5, 5.41) is 14.3. The fourth-order valence-corrected chi connectivity index (χ4v) is 3.71. The van der Waals surface area contributed by atoms with E-state index in [-0.39, 0.29) is 50.9 Å². The van der Waals surface area contributed by atoms with Gasteiger partial charge in [-0.1, -0.05) is 18.2 Å². The maximum absolute atomic E-state index is 12.3. The van der Waals surface area contributed by atoms with Crippen molar-refractivity contribution in [2.24, 2.45) is 5.73 Å². The second kappa shape index (κ2) is 14.2. The third-order valence-corrected chi connectivity index (χ3v) is 5.43. The SMILES string of the molecule is Cl.N#C/C(=C\c1ccc2cc(N3CCCCC3)ccc2c1)C(=O)NCCOCCOC(=O)CN. The molecule has 3 rings (SSSR count). The van der Waals surface area contributed by atoms with E-state index in [1.54, 1.807) is 6.08 Å². The molecule has 1 amide bonds. The zero-order valence-corrected chi connectivity index (χ0v) is 19.9. The summed E-state index contributed by atoms with van der Waals surface area (Å²) in [6, 6.07) is 14.3. The molecule has 2 aromatic rings. The Bertz CT molecular complexity index is 1040. The molecule has 0 atom stereocenters. The van der Waals surface area contributed by atoms with Crippen LogP contribution in [-0.4, -0.2) is 57.9 Å². The van der Waals surface area contributed by atoms with Gasteiger partial charge in [-0.05, 0) is 59.9 Å². The van der Waals surface area contributed by atoms with E-state index in [0.717, 1.165) is 29.4 Å². The number of esters is 1. The van der Waals surface area contributed by atoms with Crippen molar-refractivity contribution in [1.29, 1.82) is 5.26 Å². The van der Waals surface area contributed by atoms with Crippen LogP contribution in [0.5, 0.6) is 0 Å². The fourth-order valence-electron chi connectivity index (χ4n) is 3.71. The first-order chi connectivity index (χ1) is 16.1. The van der Waals surface area contributed by atoms with Crippen molar-refractivity contribution in [3.8, 4) is 6.07 Å². The van der Waals surface area contributed by atoms with Crippen LogP contribution >= 0.6 is 12.4 Å². The number of carbonyl (C=O) groups excluding carboxylic acids is 2. The smallest absolute Gasteiger partial charge is 0.319 e. The van der Waals surface area contributed by atoms with E-state index in [1.807, 2.05) is 24.3 Å². The Morgan fingerprint density at radius 2 is 1.79 bits per heavy atom. The Balaban J connectivity index is 0.00000408. The lowest BCUT2D eigenvalue weighted by molar-refractivity contribution is -0.143. The third kappa shape index (κ3) is 8.03. The van der Waals surface area contributed by atoms with E-state index in [1.165, 1.54) is 24.9 Å². The Kier molecular flexibility index (Phi) is 11.3. The van der Waals surface area contributed by atoms with E-state index < -0.39 is 11.9 Å². The average Bonchev–Trinajstić information content (AvgIpc) is 2.86. The van der Waals surface area contributed by atoms with Crippen molar-refractivity contribution in [2.45, 2.75) is 19.3 Å². The molecule has 34 heavy (non-hydrogen) atoms. The predicted molar refractivity (Wildman–Crippen MR) is 135 cm³/mol. The van der Waals surface area contributed by atoms with Gasteiger partial charge < -0.3 is 25.4 Å². The molecule has 0 bridgehead atoms. The molecular formula is C25H31ClN4O4. The van der Waals surface area contributed by atoms with Gasteiger partial charge in [-0.3, -0.25) is 9.59 Å². The second-order valence-corrected chi connectivity index (χ2v) is 7.80. The number of rotatable bonds is 10. The van der Waals surface area contributed by atoms with Crippen LogP contribution in [0.25, 0.3) is 16.8 Å². The van der Waals surface area contributed by atoms with Gasteiger partial charge in [0.2, 0.25) is 0 Å². The first kappa shape index (κ1) is 27.1. The van der Waals surface area contributed by atoms with Gasteiger partial charge in [-0.15, -0.1) is 12.4 Å². The zero-order chi connectivity index (χ0) is 23.5. The van der Waals surface area contributed by atoms with Gasteiger partial charge >= 0.3 is 5.97 Å². The summed E-state index contributed by atoms with van der Waals surface area (Å²) in [7, 11) is 0. The van der Waals surface area contributed by atoms with E-state index in [0.29, 0.717) is 0 Å². The van der Waals surface area contributed by atoms with Crippen molar-refractivity contribution in [3.05, 3.63) is 47.5 Å². The number of ether oxygens (including phenoxy) is 2. The molecule has 0 spiro atoms. The largest absolute Gasteiger partial charge is 0.462 e. The van der Waals surface area contributed by atoms with Gasteiger partial charge in [0.1, 0.15) is 18.2 Å². The van der Waals surface area contributed by atoms with Crippen LogP contribution in [0.4, 0.5) is 5.69 Å². The molecule has 1 aliphatic rings. The molecular weight excluding hydrogens is 456 g/mol. The molecule has 8 nitrogen and oxygen atoms in total. The van der Waals surface area contributed by atoms with E-state index in [2.05, 4.69) is 28.4 Å². The normalized spacial score (nSPS) is 13.6. The zero-order valence-electron chi connectivity index (χ0n) is 19.1. The van der Waals surface area contributed by atoms with Gasteiger partial charge in [0.05, 0.1) is 19.8 Å². The summed E-state index contributed by atoms with van der Waals surface area (Å²) in [6.45, 7) is 2.81. The molecule has 2 aromatic carbocycles. The van der Waals surface area contributed by atoms with Crippen LogP contribution in [0, 0.1) is 11.3 Å². The van der Waals surface area contributed by atoms with E-state index >= 15 is 0 Å². The Morgan fingerprint density at radius 3 is 2.53 bits per heavy atom. The summed E-state index contributed by atoms with van der Waals surface area (Å²) in [5.74, 6) is -0.956. The molecule has 0 radical (unpaired) electrons. The van der Waals surface area contributed by atoms with Crippen molar-refractivity contribution >= 4 is 46.8 Å². The molecule has 9 heteroatoms. The Labute approximate surface area is 206 Å². The fraction of sp³-hybridized carbons (Fsp3) is 0.400. The van der Waals surface area contributed by atoms with Crippen LogP contribution in [0.15, 0.2) is 42.0 Å². The first-order valence-corrected chi connectivity index (χ1v) is 11.2. The maximum Gasteiger partial charge on any atom is 0.319 e. The Morgan fingerprint density at radius 1 is 1.06 bits per heavy atom. The molecule has 0 aliphatic carbocycles. The standard InChI is InChI=1S/C25H30N4O4.ClH/c26-17-22(25(31)28-8-11-32-12-13-33-24(30)18-27)15-19-4-5-21-16-23(7-6-20(21)14-19)29-9-2-1-3-10-29;/h4-7,14-16H,1-3,8-13,18,27H2,(H,28,31);1H/b22-15+;. The summed E-state index contributed by atoms with van der Waals surface area (Å²) in [5.41, 5.74) is 7.18. The molecule has 1 aliphatic heterocycles. The molecule has 0 unspecified atom stereocenters. The van der Waals surface area contributed by atoms with E-state index in [9.17, 15) is 14.9 Å². The topological polar surface area (TPSA) is 118 Å². The van der Waals surface area contributed by atoms with Gasteiger partial charge in [0.25, 0.3) is 5.91 Å². The molecule has 182 valence electrons. The van der Waals surface area contributed by atoms with Crippen molar-refractivity contribution in [1.82, 2.24) is 5.32 Å². The number of nitrogens with one attached hydrogen (secondary N) is 1. The highest BCUT2D eigenvalue weighted by molar-refractivity contribution is 6.02. The summed E-state index contributed by atoms with van der Waals surface area (Å²) >= 11 is 0. The van der Waals surface area contributed by atoms with Crippen LogP contribution in [0.2, 0.25) is 0 Å². The third-order valence-electron chi connectivity index (χ3n) is 5.43. The average molecular weight is 487 g/mol. The number of nitrogens with two attached hydrogens (primary N) is 1. The summed E-state index contributed by atoms with van der Waals surface area (Å²) < 4.78 is 10.1. The number of fused-ring (bicyclic) bond motifs is 1. The number of carbonyl (C=O) groups is 2. The van der Waals surface area contributed by atoms with Gasteiger partial charge in [0.15, 0.2) is 0 Å². The highest BCUT2D eigenvalue weighted by Gasteiger charge is 2.12. The van der Waals surface area contributed by atoms with Gasteiger partial charge in [-0.25, -0.2) is 0 Å². The van der Waals surface area contributed by atoms with Crippen molar-refractivity contribution < 1.29 is 19.1 Å². The summed E-state index contributed by atoms with van der Waals surface area (Å²) in [6.07, 6.45) is 5.35. The molecule has 0 aromatic heterocycles. The van der Waals surface area contributed by atoms with Crippen molar-refractivity contribution in [2.75, 3.05) is 50.9 Å². The number of benzene rings is 2. The van der Waals surface area contributed by atoms with Crippen molar-refractivity contribution in [3.63, 3.8) is 0 Å². The number of hydrogen-bond donors (Lipinski definition) is 2. The van der Waals surface area contributed by atoms with Gasteiger partial charge in [-0.2, -0.15) is 5.26 Å². The number of nitriles is 1.